The van der Waals surface area contributed by atoms with Gasteiger partial charge in [0.15, 0.2) is 11.0 Å². The summed E-state index contributed by atoms with van der Waals surface area (Å²) in [4.78, 5) is 23.9. The Morgan fingerprint density at radius 2 is 1.74 bits per heavy atom. The Hall–Kier alpha value is -3.76. The van der Waals surface area contributed by atoms with Crippen molar-refractivity contribution in [1.82, 2.24) is 20.2 Å². The second kappa shape index (κ2) is 11.6. The lowest BCUT2D eigenvalue weighted by Gasteiger charge is -2.10. The van der Waals surface area contributed by atoms with Gasteiger partial charge >= 0.3 is 5.97 Å². The van der Waals surface area contributed by atoms with Crippen LogP contribution in [0.15, 0.2) is 93.6 Å². The van der Waals surface area contributed by atoms with Crippen LogP contribution in [-0.4, -0.2) is 45.7 Å². The van der Waals surface area contributed by atoms with E-state index in [1.807, 2.05) is 59.2 Å². The lowest BCUT2D eigenvalue weighted by molar-refractivity contribution is -0.118. The number of carbonyl (C=O) groups excluding carboxylic acids is 2. The van der Waals surface area contributed by atoms with Gasteiger partial charge < -0.3 is 4.74 Å². The van der Waals surface area contributed by atoms with Crippen LogP contribution in [0.2, 0.25) is 0 Å². The van der Waals surface area contributed by atoms with Crippen LogP contribution >= 0.6 is 27.7 Å². The average molecular weight is 550 g/mol. The topological polar surface area (TPSA) is 98.5 Å². The summed E-state index contributed by atoms with van der Waals surface area (Å²) in [5.74, 6) is 0.0840. The number of benzene rings is 3. The van der Waals surface area contributed by atoms with Crippen molar-refractivity contribution in [3.63, 3.8) is 0 Å². The molecule has 1 heterocycles. The van der Waals surface area contributed by atoms with Crippen molar-refractivity contribution in [3.8, 4) is 17.1 Å². The van der Waals surface area contributed by atoms with Gasteiger partial charge in [0, 0.05) is 15.7 Å². The fourth-order valence-corrected chi connectivity index (χ4v) is 4.13. The summed E-state index contributed by atoms with van der Waals surface area (Å²) in [5.41, 5.74) is 5.48. The highest BCUT2D eigenvalue weighted by Crippen LogP contribution is 2.28. The van der Waals surface area contributed by atoms with E-state index in [9.17, 15) is 9.59 Å². The molecule has 0 spiro atoms. The van der Waals surface area contributed by atoms with Gasteiger partial charge in [0.25, 0.3) is 5.91 Å². The third-order valence-electron chi connectivity index (χ3n) is 4.82. The first kappa shape index (κ1) is 24.4. The minimum atomic E-state index is -0.412. The number of ether oxygens (including phenoxy) is 1. The number of hydrogen-bond donors (Lipinski definition) is 1. The molecule has 0 saturated heterocycles. The number of aromatic nitrogens is 3. The summed E-state index contributed by atoms with van der Waals surface area (Å²) < 4.78 is 7.56. The molecular formula is C25H20BrN5O3S. The maximum Gasteiger partial charge on any atom is 0.337 e. The molecule has 1 aromatic heterocycles. The molecule has 8 nitrogen and oxygen atoms in total. The van der Waals surface area contributed by atoms with Crippen LogP contribution in [0.1, 0.15) is 15.9 Å². The van der Waals surface area contributed by atoms with Crippen LogP contribution in [0.3, 0.4) is 0 Å². The van der Waals surface area contributed by atoms with Gasteiger partial charge in [0.1, 0.15) is 0 Å². The predicted octanol–water partition coefficient (Wildman–Crippen LogP) is 4.73. The maximum absolute atomic E-state index is 12.4. The second-order valence-electron chi connectivity index (χ2n) is 7.18. The van der Waals surface area contributed by atoms with Crippen LogP contribution in [-0.2, 0) is 9.53 Å². The molecule has 4 rings (SSSR count). The highest BCUT2D eigenvalue weighted by molar-refractivity contribution is 9.10. The quantitative estimate of drug-likeness (QED) is 0.148. The number of hydrazone groups is 1. The molecule has 1 amide bonds. The van der Waals surface area contributed by atoms with E-state index in [4.69, 9.17) is 0 Å². The van der Waals surface area contributed by atoms with Gasteiger partial charge in [0.2, 0.25) is 0 Å². The monoisotopic (exact) mass is 549 g/mol. The number of hydrogen-bond acceptors (Lipinski definition) is 7. The first-order valence-electron chi connectivity index (χ1n) is 10.4. The molecule has 0 aliphatic carbocycles. The Labute approximate surface area is 214 Å². The predicted molar refractivity (Wildman–Crippen MR) is 139 cm³/mol. The van der Waals surface area contributed by atoms with Crippen LogP contribution in [0.4, 0.5) is 0 Å². The number of methoxy groups -OCH3 is 1. The zero-order valence-corrected chi connectivity index (χ0v) is 21.0. The van der Waals surface area contributed by atoms with E-state index < -0.39 is 5.97 Å². The third kappa shape index (κ3) is 6.23. The van der Waals surface area contributed by atoms with Crippen LogP contribution in [0, 0.1) is 0 Å². The molecular weight excluding hydrogens is 530 g/mol. The number of thioether (sulfide) groups is 1. The second-order valence-corrected chi connectivity index (χ2v) is 9.04. The first-order chi connectivity index (χ1) is 17.0. The maximum atomic E-state index is 12.4. The Morgan fingerprint density at radius 3 is 2.43 bits per heavy atom. The van der Waals surface area contributed by atoms with E-state index in [2.05, 4.69) is 41.4 Å². The van der Waals surface area contributed by atoms with Gasteiger partial charge in [-0.1, -0.05) is 70.2 Å². The first-order valence-corrected chi connectivity index (χ1v) is 12.2. The normalized spacial score (nSPS) is 10.9. The van der Waals surface area contributed by atoms with E-state index in [1.165, 1.54) is 25.1 Å². The molecule has 176 valence electrons. The van der Waals surface area contributed by atoms with Crippen molar-refractivity contribution in [2.45, 2.75) is 5.16 Å². The standard InChI is InChI=1S/C25H20BrN5O3S/c1-34-24(33)19-9-7-17(8-10-19)15-27-28-22(32)16-35-25-30-29-23(18-5-3-2-4-6-18)31(25)21-13-11-20(26)12-14-21/h2-15H,16H2,1H3,(H,28,32). The third-order valence-corrected chi connectivity index (χ3v) is 6.27. The van der Waals surface area contributed by atoms with E-state index in [1.54, 1.807) is 24.3 Å². The van der Waals surface area contributed by atoms with Crippen molar-refractivity contribution < 1.29 is 14.3 Å². The highest BCUT2D eigenvalue weighted by Gasteiger charge is 2.17. The SMILES string of the molecule is COC(=O)c1ccc(C=NNC(=O)CSc2nnc(-c3ccccc3)n2-c2ccc(Br)cc2)cc1. The van der Waals surface area contributed by atoms with Crippen LogP contribution in [0.5, 0.6) is 0 Å². The molecule has 1 N–H and O–H groups in total. The number of amides is 1. The Balaban J connectivity index is 1.44. The minimum absolute atomic E-state index is 0.0993. The van der Waals surface area contributed by atoms with E-state index in [0.29, 0.717) is 16.5 Å². The number of nitrogens with one attached hydrogen (secondary N) is 1. The van der Waals surface area contributed by atoms with Crippen molar-refractivity contribution in [1.29, 1.82) is 0 Å². The summed E-state index contributed by atoms with van der Waals surface area (Å²) in [6, 6.07) is 24.2. The minimum Gasteiger partial charge on any atom is -0.465 e. The molecule has 0 radical (unpaired) electrons. The van der Waals surface area contributed by atoms with Gasteiger partial charge in [-0.25, -0.2) is 10.2 Å². The van der Waals surface area contributed by atoms with Crippen molar-refractivity contribution in [2.24, 2.45) is 5.10 Å². The molecule has 0 aliphatic heterocycles. The molecule has 0 bridgehead atoms. The molecule has 0 fully saturated rings. The molecule has 0 aliphatic rings. The Bertz CT molecular complexity index is 1340. The number of esters is 1. The lowest BCUT2D eigenvalue weighted by Crippen LogP contribution is -2.20. The summed E-state index contributed by atoms with van der Waals surface area (Å²) in [7, 11) is 1.33. The van der Waals surface area contributed by atoms with E-state index in [0.717, 1.165) is 21.3 Å². The number of carbonyl (C=O) groups is 2. The molecule has 0 saturated carbocycles. The van der Waals surface area contributed by atoms with Gasteiger partial charge in [-0.3, -0.25) is 9.36 Å². The van der Waals surface area contributed by atoms with Crippen LogP contribution < -0.4 is 5.43 Å². The number of nitrogens with zero attached hydrogens (tertiary/aromatic N) is 4. The molecule has 3 aromatic carbocycles. The van der Waals surface area contributed by atoms with E-state index in [-0.39, 0.29) is 11.7 Å². The van der Waals surface area contributed by atoms with Gasteiger partial charge in [-0.15, -0.1) is 10.2 Å². The van der Waals surface area contributed by atoms with Gasteiger partial charge in [-0.05, 0) is 42.0 Å². The van der Waals surface area contributed by atoms with Crippen LogP contribution in [0.25, 0.3) is 17.1 Å². The fourth-order valence-electron chi connectivity index (χ4n) is 3.12. The molecule has 0 unspecified atom stereocenters. The molecule has 0 atom stereocenters. The highest BCUT2D eigenvalue weighted by atomic mass is 79.9. The smallest absolute Gasteiger partial charge is 0.337 e. The Morgan fingerprint density at radius 1 is 1.03 bits per heavy atom. The zero-order chi connectivity index (χ0) is 24.6. The molecule has 35 heavy (non-hydrogen) atoms. The average Bonchev–Trinajstić information content (AvgIpc) is 3.32. The van der Waals surface area contributed by atoms with Gasteiger partial charge in [-0.2, -0.15) is 5.10 Å². The summed E-state index contributed by atoms with van der Waals surface area (Å²) in [6.07, 6.45) is 1.50. The number of halogens is 1. The van der Waals surface area contributed by atoms with E-state index >= 15 is 0 Å². The largest absolute Gasteiger partial charge is 0.465 e. The summed E-state index contributed by atoms with van der Waals surface area (Å²) >= 11 is 4.73. The molecule has 4 aromatic rings. The Kier molecular flexibility index (Phi) is 8.07. The summed E-state index contributed by atoms with van der Waals surface area (Å²) in [5, 5.41) is 13.3. The lowest BCUT2D eigenvalue weighted by atomic mass is 10.1. The zero-order valence-electron chi connectivity index (χ0n) is 18.6. The fraction of sp³-hybridized carbons (Fsp3) is 0.0800. The van der Waals surface area contributed by atoms with Crippen molar-refractivity contribution >= 4 is 45.8 Å². The molecule has 10 heteroatoms. The summed E-state index contributed by atoms with van der Waals surface area (Å²) in [6.45, 7) is 0. The van der Waals surface area contributed by atoms with Gasteiger partial charge in [0.05, 0.1) is 24.6 Å². The van der Waals surface area contributed by atoms with Crippen molar-refractivity contribution in [2.75, 3.05) is 12.9 Å². The van der Waals surface area contributed by atoms with Crippen molar-refractivity contribution in [3.05, 3.63) is 94.5 Å². The number of rotatable bonds is 8.